The molecule has 0 saturated heterocycles. The molecule has 2 aromatic carbocycles. The van der Waals surface area contributed by atoms with Gasteiger partial charge in [-0.05, 0) is 17.7 Å². The fourth-order valence-corrected chi connectivity index (χ4v) is 3.55. The van der Waals surface area contributed by atoms with Crippen LogP contribution in [0.4, 0.5) is 27.6 Å². The largest absolute Gasteiger partial charge is 0.490 e. The van der Waals surface area contributed by atoms with Gasteiger partial charge in [-0.15, -0.1) is 0 Å². The molecule has 0 bridgehead atoms. The molecule has 0 radical (unpaired) electrons. The number of methoxy groups -OCH3 is 1. The number of nitro benzene ring substituents is 1. The van der Waals surface area contributed by atoms with Gasteiger partial charge in [0.2, 0.25) is 5.82 Å². The van der Waals surface area contributed by atoms with Crippen LogP contribution in [0.5, 0.6) is 5.75 Å². The molecule has 7 nitrogen and oxygen atoms in total. The molecule has 0 fully saturated rings. The monoisotopic (exact) mass is 448 g/mol. The maximum absolute atomic E-state index is 13.8. The predicted octanol–water partition coefficient (Wildman–Crippen LogP) is 3.78. The van der Waals surface area contributed by atoms with Crippen molar-refractivity contribution in [3.63, 3.8) is 0 Å². The highest BCUT2D eigenvalue weighted by Crippen LogP contribution is 2.30. The maximum atomic E-state index is 13.8. The van der Waals surface area contributed by atoms with Crippen LogP contribution < -0.4 is 4.74 Å². The number of hydrogen-bond acceptors (Lipinski definition) is 6. The van der Waals surface area contributed by atoms with Crippen molar-refractivity contribution in [2.75, 3.05) is 7.11 Å². The van der Waals surface area contributed by atoms with Crippen LogP contribution in [0, 0.1) is 50.5 Å². The third kappa shape index (κ3) is 4.23. The lowest BCUT2D eigenvalue weighted by Gasteiger charge is -2.08. The Bertz CT molecular complexity index is 1190. The second kappa shape index (κ2) is 8.46. The van der Waals surface area contributed by atoms with Crippen LogP contribution in [0.1, 0.15) is 11.1 Å². The zero-order valence-electron chi connectivity index (χ0n) is 14.8. The van der Waals surface area contributed by atoms with Gasteiger partial charge in [0.25, 0.3) is 0 Å². The second-order valence-corrected chi connectivity index (χ2v) is 7.58. The molecule has 30 heavy (non-hydrogen) atoms. The highest BCUT2D eigenvalue weighted by atomic mass is 32.2. The normalized spacial score (nSPS) is 11.8. The molecule has 0 N–H and O–H groups in total. The van der Waals surface area contributed by atoms with Crippen molar-refractivity contribution in [2.45, 2.75) is 5.75 Å². The van der Waals surface area contributed by atoms with E-state index in [1.54, 1.807) is 0 Å². The molecule has 0 aliphatic heterocycles. The van der Waals surface area contributed by atoms with Crippen molar-refractivity contribution in [1.29, 1.82) is 5.26 Å². The van der Waals surface area contributed by atoms with Crippen molar-refractivity contribution in [3.8, 4) is 11.8 Å². The van der Waals surface area contributed by atoms with E-state index in [9.17, 15) is 40.5 Å². The lowest BCUT2D eigenvalue weighted by molar-refractivity contribution is -0.385. The molecule has 2 rings (SSSR count). The fourth-order valence-electron chi connectivity index (χ4n) is 2.34. The van der Waals surface area contributed by atoms with E-state index >= 15 is 0 Å². The smallest absolute Gasteiger partial charge is 0.311 e. The summed E-state index contributed by atoms with van der Waals surface area (Å²) in [7, 11) is -3.55. The summed E-state index contributed by atoms with van der Waals surface area (Å²) < 4.78 is 96.9. The predicted molar refractivity (Wildman–Crippen MR) is 92.1 cm³/mol. The third-order valence-corrected chi connectivity index (χ3v) is 5.35. The van der Waals surface area contributed by atoms with Crippen LogP contribution in [0.3, 0.4) is 0 Å². The molecular formula is C17H9F5N2O5S. The minimum absolute atomic E-state index is 0.00351. The number of halogens is 5. The minimum Gasteiger partial charge on any atom is -0.490 e. The summed E-state index contributed by atoms with van der Waals surface area (Å²) in [5.41, 5.74) is -2.40. The first-order valence-electron chi connectivity index (χ1n) is 7.61. The van der Waals surface area contributed by atoms with Crippen molar-refractivity contribution in [2.24, 2.45) is 0 Å². The SMILES string of the molecule is COc1ccc(CS(=O)(=O)/C(C#N)=C/c2c(F)c(F)c(F)c(F)c2F)cc1[N+](=O)[O-]. The molecule has 13 heteroatoms. The van der Waals surface area contributed by atoms with Crippen LogP contribution in [0.25, 0.3) is 6.08 Å². The first-order chi connectivity index (χ1) is 13.9. The highest BCUT2D eigenvalue weighted by molar-refractivity contribution is 7.95. The molecule has 0 unspecified atom stereocenters. The van der Waals surface area contributed by atoms with Gasteiger partial charge < -0.3 is 4.74 Å². The number of nitriles is 1. The number of rotatable bonds is 6. The Morgan fingerprint density at radius 3 is 2.13 bits per heavy atom. The topological polar surface area (TPSA) is 110 Å². The fraction of sp³-hybridized carbons (Fsp3) is 0.118. The quantitative estimate of drug-likeness (QED) is 0.166. The molecule has 0 heterocycles. The van der Waals surface area contributed by atoms with E-state index < -0.39 is 65.8 Å². The van der Waals surface area contributed by atoms with Gasteiger partial charge in [0.1, 0.15) is 11.0 Å². The zero-order chi connectivity index (χ0) is 22.8. The van der Waals surface area contributed by atoms with Crippen LogP contribution in [-0.2, 0) is 15.6 Å². The van der Waals surface area contributed by atoms with Gasteiger partial charge in [-0.1, -0.05) is 6.07 Å². The number of nitro groups is 1. The summed E-state index contributed by atoms with van der Waals surface area (Å²) in [5.74, 6) is -13.0. The van der Waals surface area contributed by atoms with Gasteiger partial charge in [-0.25, -0.2) is 30.4 Å². The van der Waals surface area contributed by atoms with Crippen LogP contribution in [0.2, 0.25) is 0 Å². The van der Waals surface area contributed by atoms with E-state index in [1.165, 1.54) is 0 Å². The van der Waals surface area contributed by atoms with Gasteiger partial charge in [-0.2, -0.15) is 5.26 Å². The van der Waals surface area contributed by atoms with E-state index in [0.717, 1.165) is 31.4 Å². The Morgan fingerprint density at radius 1 is 1.13 bits per heavy atom. The highest BCUT2D eigenvalue weighted by Gasteiger charge is 2.28. The van der Waals surface area contributed by atoms with E-state index in [-0.39, 0.29) is 17.4 Å². The van der Waals surface area contributed by atoms with Crippen LogP contribution in [-0.4, -0.2) is 20.5 Å². The Balaban J connectivity index is 2.56. The zero-order valence-corrected chi connectivity index (χ0v) is 15.6. The van der Waals surface area contributed by atoms with Crippen molar-refractivity contribution in [3.05, 3.63) is 73.4 Å². The summed E-state index contributed by atoms with van der Waals surface area (Å²) in [5, 5.41) is 20.1. The molecule has 0 amide bonds. The summed E-state index contributed by atoms with van der Waals surface area (Å²) in [6, 6.07) is 4.17. The van der Waals surface area contributed by atoms with E-state index in [0.29, 0.717) is 0 Å². The number of nitrogens with zero attached hydrogens (tertiary/aromatic N) is 2. The molecule has 0 saturated carbocycles. The van der Waals surface area contributed by atoms with Crippen molar-refractivity contribution >= 4 is 21.6 Å². The number of benzene rings is 2. The first-order valence-corrected chi connectivity index (χ1v) is 9.27. The molecule has 158 valence electrons. The van der Waals surface area contributed by atoms with Crippen LogP contribution in [0.15, 0.2) is 23.1 Å². The summed E-state index contributed by atoms with van der Waals surface area (Å²) in [6.45, 7) is 0. The standard InChI is InChI=1S/C17H9F5N2O5S/c1-29-12-3-2-8(4-11(12)24(25)26)7-30(27,28)9(6-23)5-10-13(18)15(20)17(22)16(21)14(10)19/h2-5H,7H2,1H3/b9-5+. The summed E-state index contributed by atoms with van der Waals surface area (Å²) >= 11 is 0. The average molecular weight is 448 g/mol. The average Bonchev–Trinajstić information content (AvgIpc) is 2.70. The van der Waals surface area contributed by atoms with Crippen molar-refractivity contribution < 1.29 is 40.0 Å². The molecule has 0 aliphatic carbocycles. The minimum atomic E-state index is -4.69. The number of hydrogen-bond donors (Lipinski definition) is 0. The summed E-state index contributed by atoms with van der Waals surface area (Å²) in [4.78, 5) is 8.85. The Kier molecular flexibility index (Phi) is 6.41. The number of ether oxygens (including phenoxy) is 1. The molecular weight excluding hydrogens is 439 g/mol. The molecule has 0 aliphatic rings. The molecule has 2 aromatic rings. The van der Waals surface area contributed by atoms with Gasteiger partial charge in [0.05, 0.1) is 23.3 Å². The Morgan fingerprint density at radius 2 is 1.67 bits per heavy atom. The Labute approximate surface area is 165 Å². The molecule has 0 aromatic heterocycles. The molecule has 0 spiro atoms. The first kappa shape index (κ1) is 22.8. The van der Waals surface area contributed by atoms with Gasteiger partial charge in [0.15, 0.2) is 38.9 Å². The number of allylic oxidation sites excluding steroid dienone is 1. The van der Waals surface area contributed by atoms with Crippen molar-refractivity contribution in [1.82, 2.24) is 0 Å². The number of sulfone groups is 1. The second-order valence-electron chi connectivity index (χ2n) is 5.63. The van der Waals surface area contributed by atoms with Gasteiger partial charge >= 0.3 is 5.69 Å². The maximum Gasteiger partial charge on any atom is 0.311 e. The van der Waals surface area contributed by atoms with E-state index in [2.05, 4.69) is 0 Å². The third-order valence-electron chi connectivity index (χ3n) is 3.76. The van der Waals surface area contributed by atoms with Gasteiger partial charge in [0, 0.05) is 6.07 Å². The lowest BCUT2D eigenvalue weighted by atomic mass is 10.1. The van der Waals surface area contributed by atoms with E-state index in [1.807, 2.05) is 0 Å². The summed E-state index contributed by atoms with van der Waals surface area (Å²) in [6.07, 6.45) is 0.00351. The Hall–Kier alpha value is -3.53. The van der Waals surface area contributed by atoms with E-state index in [4.69, 9.17) is 10.00 Å². The lowest BCUT2D eigenvalue weighted by Crippen LogP contribution is -2.09. The molecule has 0 atom stereocenters. The van der Waals surface area contributed by atoms with Crippen LogP contribution >= 0.6 is 0 Å². The van der Waals surface area contributed by atoms with Gasteiger partial charge in [-0.3, -0.25) is 10.1 Å².